The maximum atomic E-state index is 12.2. The number of rotatable bonds is 7. The van der Waals surface area contributed by atoms with Crippen molar-refractivity contribution in [2.75, 3.05) is 25.1 Å². The zero-order valence-electron chi connectivity index (χ0n) is 15.9. The number of anilines is 1. The van der Waals surface area contributed by atoms with Crippen molar-refractivity contribution in [3.8, 4) is 17.2 Å². The normalized spacial score (nSPS) is 13.4. The topological polar surface area (TPSA) is 83.1 Å². The van der Waals surface area contributed by atoms with Gasteiger partial charge in [-0.25, -0.2) is 0 Å². The Balaban J connectivity index is 1.51. The van der Waals surface area contributed by atoms with Gasteiger partial charge in [-0.2, -0.15) is 0 Å². The van der Waals surface area contributed by atoms with Crippen molar-refractivity contribution in [1.82, 2.24) is 0 Å². The van der Waals surface area contributed by atoms with Gasteiger partial charge < -0.3 is 24.3 Å². The van der Waals surface area contributed by atoms with Gasteiger partial charge >= 0.3 is 5.97 Å². The lowest BCUT2D eigenvalue weighted by atomic mass is 10.1. The fourth-order valence-corrected chi connectivity index (χ4v) is 2.70. The monoisotopic (exact) mass is 385 g/mol. The number of carbonyl (C=O) groups is 2. The molecular formula is C21H23NO6. The summed E-state index contributed by atoms with van der Waals surface area (Å²) in [6.45, 7) is 4.99. The van der Waals surface area contributed by atoms with E-state index in [-0.39, 0.29) is 6.42 Å². The number of hydrogen-bond donors (Lipinski definition) is 1. The number of amides is 1. The van der Waals surface area contributed by atoms with E-state index in [0.29, 0.717) is 37.0 Å². The van der Waals surface area contributed by atoms with Gasteiger partial charge in [-0.15, -0.1) is 0 Å². The maximum Gasteiger partial charge on any atom is 0.311 e. The summed E-state index contributed by atoms with van der Waals surface area (Å²) in [5.74, 6) is 1.09. The van der Waals surface area contributed by atoms with Gasteiger partial charge in [0.25, 0.3) is 5.91 Å². The third-order valence-corrected chi connectivity index (χ3v) is 4.07. The Morgan fingerprint density at radius 3 is 2.50 bits per heavy atom. The standard InChI is InChI=1S/C21H23NO6/c1-3-25-17-7-5-16(6-8-17)22-21(24)14(2)28-20(23)13-15-4-9-18-19(12-15)27-11-10-26-18/h4-9,12,14H,3,10-11,13H2,1-2H3,(H,22,24)/t14-/m0/s1. The molecule has 2 aromatic carbocycles. The van der Waals surface area contributed by atoms with Gasteiger partial charge in [0.1, 0.15) is 19.0 Å². The van der Waals surface area contributed by atoms with E-state index in [1.165, 1.54) is 6.92 Å². The molecule has 0 bridgehead atoms. The molecule has 0 aromatic heterocycles. The largest absolute Gasteiger partial charge is 0.494 e. The Labute approximate surface area is 163 Å². The van der Waals surface area contributed by atoms with Crippen LogP contribution in [0.1, 0.15) is 19.4 Å². The highest BCUT2D eigenvalue weighted by molar-refractivity contribution is 5.95. The van der Waals surface area contributed by atoms with Gasteiger partial charge in [0.15, 0.2) is 17.6 Å². The zero-order chi connectivity index (χ0) is 19.9. The van der Waals surface area contributed by atoms with E-state index < -0.39 is 18.0 Å². The lowest BCUT2D eigenvalue weighted by Crippen LogP contribution is -2.30. The molecule has 0 saturated heterocycles. The summed E-state index contributed by atoms with van der Waals surface area (Å²) in [5.41, 5.74) is 1.33. The van der Waals surface area contributed by atoms with E-state index in [4.69, 9.17) is 18.9 Å². The minimum Gasteiger partial charge on any atom is -0.494 e. The summed E-state index contributed by atoms with van der Waals surface area (Å²) >= 11 is 0. The SMILES string of the molecule is CCOc1ccc(NC(=O)[C@H](C)OC(=O)Cc2ccc3c(c2)OCCO3)cc1. The summed E-state index contributed by atoms with van der Waals surface area (Å²) in [7, 11) is 0. The van der Waals surface area contributed by atoms with Gasteiger partial charge in [0.2, 0.25) is 0 Å². The highest BCUT2D eigenvalue weighted by Gasteiger charge is 2.19. The quantitative estimate of drug-likeness (QED) is 0.738. The smallest absolute Gasteiger partial charge is 0.311 e. The summed E-state index contributed by atoms with van der Waals surface area (Å²) in [6, 6.07) is 12.3. The maximum absolute atomic E-state index is 12.2. The number of nitrogens with one attached hydrogen (secondary N) is 1. The predicted octanol–water partition coefficient (Wildman–Crippen LogP) is 2.97. The number of hydrogen-bond acceptors (Lipinski definition) is 6. The first-order valence-electron chi connectivity index (χ1n) is 9.17. The van der Waals surface area contributed by atoms with Crippen LogP contribution in [0.3, 0.4) is 0 Å². The molecule has 0 fully saturated rings. The molecule has 1 aliphatic rings. The Hall–Kier alpha value is -3.22. The fraction of sp³-hybridized carbons (Fsp3) is 0.333. The third-order valence-electron chi connectivity index (χ3n) is 4.07. The molecule has 0 saturated carbocycles. The van der Waals surface area contributed by atoms with E-state index in [9.17, 15) is 9.59 Å². The average Bonchev–Trinajstić information content (AvgIpc) is 2.69. The molecule has 0 aliphatic carbocycles. The van der Waals surface area contributed by atoms with Crippen LogP contribution in [0.4, 0.5) is 5.69 Å². The first-order valence-corrected chi connectivity index (χ1v) is 9.17. The summed E-state index contributed by atoms with van der Waals surface area (Å²) < 4.78 is 21.6. The first-order chi connectivity index (χ1) is 13.5. The van der Waals surface area contributed by atoms with Gasteiger partial charge in [-0.3, -0.25) is 9.59 Å². The summed E-state index contributed by atoms with van der Waals surface area (Å²) in [5, 5.41) is 2.71. The molecule has 1 amide bonds. The van der Waals surface area contributed by atoms with Crippen LogP contribution in [0, 0.1) is 0 Å². The van der Waals surface area contributed by atoms with Crippen molar-refractivity contribution in [2.24, 2.45) is 0 Å². The van der Waals surface area contributed by atoms with E-state index >= 15 is 0 Å². The Bertz CT molecular complexity index is 833. The highest BCUT2D eigenvalue weighted by Crippen LogP contribution is 2.30. The fourth-order valence-electron chi connectivity index (χ4n) is 2.70. The lowest BCUT2D eigenvalue weighted by Gasteiger charge is -2.19. The molecule has 1 N–H and O–H groups in total. The molecule has 0 radical (unpaired) electrons. The number of benzene rings is 2. The second kappa shape index (κ2) is 9.12. The number of fused-ring (bicyclic) bond motifs is 1. The number of carbonyl (C=O) groups excluding carboxylic acids is 2. The lowest BCUT2D eigenvalue weighted by molar-refractivity contribution is -0.152. The molecule has 1 heterocycles. The summed E-state index contributed by atoms with van der Waals surface area (Å²) in [4.78, 5) is 24.4. The number of ether oxygens (including phenoxy) is 4. The second-order valence-electron chi connectivity index (χ2n) is 6.23. The van der Waals surface area contributed by atoms with E-state index in [1.807, 2.05) is 6.92 Å². The van der Waals surface area contributed by atoms with Crippen LogP contribution in [0.2, 0.25) is 0 Å². The van der Waals surface area contributed by atoms with Crippen molar-refractivity contribution in [1.29, 1.82) is 0 Å². The molecule has 3 rings (SSSR count). The van der Waals surface area contributed by atoms with Gasteiger partial charge in [-0.05, 0) is 55.8 Å². The van der Waals surface area contributed by atoms with E-state index in [1.54, 1.807) is 42.5 Å². The minimum absolute atomic E-state index is 0.0390. The van der Waals surface area contributed by atoms with Crippen molar-refractivity contribution in [3.05, 3.63) is 48.0 Å². The molecule has 0 unspecified atom stereocenters. The average molecular weight is 385 g/mol. The molecule has 148 valence electrons. The molecule has 7 nitrogen and oxygen atoms in total. The summed E-state index contributed by atoms with van der Waals surface area (Å²) in [6.07, 6.45) is -0.881. The molecule has 2 aromatic rings. The second-order valence-corrected chi connectivity index (χ2v) is 6.23. The van der Waals surface area contributed by atoms with Crippen LogP contribution in [0.15, 0.2) is 42.5 Å². The first kappa shape index (κ1) is 19.5. The van der Waals surface area contributed by atoms with Gasteiger partial charge in [-0.1, -0.05) is 6.07 Å². The molecule has 1 atom stereocenters. The van der Waals surface area contributed by atoms with Gasteiger partial charge in [0.05, 0.1) is 13.0 Å². The zero-order valence-corrected chi connectivity index (χ0v) is 15.9. The van der Waals surface area contributed by atoms with Crippen LogP contribution >= 0.6 is 0 Å². The highest BCUT2D eigenvalue weighted by atomic mass is 16.6. The third kappa shape index (κ3) is 5.16. The molecule has 28 heavy (non-hydrogen) atoms. The van der Waals surface area contributed by atoms with Gasteiger partial charge in [0, 0.05) is 5.69 Å². The predicted molar refractivity (Wildman–Crippen MR) is 103 cm³/mol. The Morgan fingerprint density at radius 2 is 1.79 bits per heavy atom. The molecule has 0 spiro atoms. The van der Waals surface area contributed by atoms with Crippen LogP contribution in [0.25, 0.3) is 0 Å². The van der Waals surface area contributed by atoms with E-state index in [0.717, 1.165) is 11.3 Å². The molecule has 7 heteroatoms. The van der Waals surface area contributed by atoms with Crippen LogP contribution < -0.4 is 19.5 Å². The Kier molecular flexibility index (Phi) is 6.37. The number of esters is 1. The van der Waals surface area contributed by atoms with Crippen molar-refractivity contribution < 1.29 is 28.5 Å². The van der Waals surface area contributed by atoms with Crippen molar-refractivity contribution in [2.45, 2.75) is 26.4 Å². The molecule has 1 aliphatic heterocycles. The Morgan fingerprint density at radius 1 is 1.07 bits per heavy atom. The minimum atomic E-state index is -0.920. The molecular weight excluding hydrogens is 362 g/mol. The van der Waals surface area contributed by atoms with Crippen LogP contribution in [0.5, 0.6) is 17.2 Å². The van der Waals surface area contributed by atoms with E-state index in [2.05, 4.69) is 5.32 Å². The van der Waals surface area contributed by atoms with Crippen LogP contribution in [-0.2, 0) is 20.7 Å². The van der Waals surface area contributed by atoms with Crippen molar-refractivity contribution in [3.63, 3.8) is 0 Å². The van der Waals surface area contributed by atoms with Crippen LogP contribution in [-0.4, -0.2) is 37.8 Å². The van der Waals surface area contributed by atoms with Crippen molar-refractivity contribution >= 4 is 17.6 Å².